The number of carbonyl (C=O) groups is 1. The molecule has 0 aliphatic heterocycles. The highest BCUT2D eigenvalue weighted by Crippen LogP contribution is 2.18. The fraction of sp³-hybridized carbons (Fsp3) is 0.267. The summed E-state index contributed by atoms with van der Waals surface area (Å²) >= 11 is 5.92. The lowest BCUT2D eigenvalue weighted by molar-refractivity contribution is 0.0750. The molecule has 110 valence electrons. The second-order valence-corrected chi connectivity index (χ2v) is 5.09. The SMILES string of the molecule is CCN(Cc1cccc(C)n1)C(=O)c1cnc(N)c(Cl)c1. The molecule has 2 aromatic rings. The Labute approximate surface area is 128 Å². The maximum atomic E-state index is 12.5. The minimum atomic E-state index is -0.143. The third kappa shape index (κ3) is 3.70. The van der Waals surface area contributed by atoms with Crippen molar-refractivity contribution in [1.29, 1.82) is 0 Å². The lowest BCUT2D eigenvalue weighted by Gasteiger charge is -2.20. The number of halogens is 1. The summed E-state index contributed by atoms with van der Waals surface area (Å²) in [6.45, 7) is 4.85. The number of nitrogens with zero attached hydrogens (tertiary/aromatic N) is 3. The van der Waals surface area contributed by atoms with Crippen LogP contribution in [0.1, 0.15) is 28.7 Å². The normalized spacial score (nSPS) is 10.4. The van der Waals surface area contributed by atoms with Gasteiger partial charge in [0.15, 0.2) is 0 Å². The highest BCUT2D eigenvalue weighted by Gasteiger charge is 2.16. The van der Waals surface area contributed by atoms with Crippen LogP contribution in [0.3, 0.4) is 0 Å². The van der Waals surface area contributed by atoms with E-state index in [1.807, 2.05) is 32.0 Å². The summed E-state index contributed by atoms with van der Waals surface area (Å²) in [5, 5.41) is 0.283. The molecule has 0 radical (unpaired) electrons. The van der Waals surface area contributed by atoms with Gasteiger partial charge in [-0.1, -0.05) is 17.7 Å². The Hall–Kier alpha value is -2.14. The topological polar surface area (TPSA) is 72.1 Å². The Kier molecular flexibility index (Phi) is 4.75. The van der Waals surface area contributed by atoms with Crippen LogP contribution in [0.25, 0.3) is 0 Å². The van der Waals surface area contributed by atoms with Crippen molar-refractivity contribution in [3.63, 3.8) is 0 Å². The maximum absolute atomic E-state index is 12.5. The summed E-state index contributed by atoms with van der Waals surface area (Å²) in [5.74, 6) is 0.0758. The van der Waals surface area contributed by atoms with Gasteiger partial charge in [-0.3, -0.25) is 9.78 Å². The van der Waals surface area contributed by atoms with Gasteiger partial charge in [0.25, 0.3) is 5.91 Å². The maximum Gasteiger partial charge on any atom is 0.255 e. The molecule has 0 spiro atoms. The van der Waals surface area contributed by atoms with Crippen molar-refractivity contribution in [3.05, 3.63) is 52.4 Å². The molecule has 6 heteroatoms. The number of rotatable bonds is 4. The molecule has 0 bridgehead atoms. The number of hydrogen-bond acceptors (Lipinski definition) is 4. The Bertz CT molecular complexity index is 660. The van der Waals surface area contributed by atoms with Gasteiger partial charge in [-0.05, 0) is 32.0 Å². The molecule has 2 N–H and O–H groups in total. The van der Waals surface area contributed by atoms with Crippen molar-refractivity contribution in [2.45, 2.75) is 20.4 Å². The van der Waals surface area contributed by atoms with E-state index in [1.54, 1.807) is 11.0 Å². The number of aryl methyl sites for hydroxylation is 1. The first-order valence-corrected chi connectivity index (χ1v) is 7.02. The van der Waals surface area contributed by atoms with E-state index >= 15 is 0 Å². The van der Waals surface area contributed by atoms with Crippen molar-refractivity contribution in [2.75, 3.05) is 12.3 Å². The summed E-state index contributed by atoms with van der Waals surface area (Å²) in [7, 11) is 0. The molecule has 2 aromatic heterocycles. The van der Waals surface area contributed by atoms with E-state index in [9.17, 15) is 4.79 Å². The first-order valence-electron chi connectivity index (χ1n) is 6.64. The second-order valence-electron chi connectivity index (χ2n) is 4.68. The van der Waals surface area contributed by atoms with Crippen molar-refractivity contribution >= 4 is 23.3 Å². The summed E-state index contributed by atoms with van der Waals surface area (Å²) in [6, 6.07) is 7.29. The van der Waals surface area contributed by atoms with Gasteiger partial charge in [0.05, 0.1) is 22.8 Å². The number of anilines is 1. The molecule has 0 saturated heterocycles. The smallest absolute Gasteiger partial charge is 0.255 e. The number of hydrogen-bond donors (Lipinski definition) is 1. The Morgan fingerprint density at radius 3 is 2.81 bits per heavy atom. The molecule has 0 atom stereocenters. The predicted molar refractivity (Wildman–Crippen MR) is 83.0 cm³/mol. The van der Waals surface area contributed by atoms with Crippen LogP contribution in [-0.2, 0) is 6.54 Å². The molecule has 0 aliphatic carbocycles. The van der Waals surface area contributed by atoms with Crippen LogP contribution in [0.4, 0.5) is 5.82 Å². The Morgan fingerprint density at radius 1 is 1.43 bits per heavy atom. The van der Waals surface area contributed by atoms with Crippen molar-refractivity contribution < 1.29 is 4.79 Å². The summed E-state index contributed by atoms with van der Waals surface area (Å²) in [6.07, 6.45) is 1.44. The highest BCUT2D eigenvalue weighted by atomic mass is 35.5. The third-order valence-electron chi connectivity index (χ3n) is 3.08. The van der Waals surface area contributed by atoms with Gasteiger partial charge < -0.3 is 10.6 Å². The average Bonchev–Trinajstić information content (AvgIpc) is 2.47. The lowest BCUT2D eigenvalue weighted by atomic mass is 10.2. The molecule has 5 nitrogen and oxygen atoms in total. The predicted octanol–water partition coefficient (Wildman–Crippen LogP) is 2.68. The molecule has 0 saturated carbocycles. The zero-order valence-electron chi connectivity index (χ0n) is 12.0. The Morgan fingerprint density at radius 2 is 2.19 bits per heavy atom. The van der Waals surface area contributed by atoms with Crippen LogP contribution in [0, 0.1) is 6.92 Å². The molecule has 0 fully saturated rings. The molecular formula is C15H17ClN4O. The summed E-state index contributed by atoms with van der Waals surface area (Å²) in [4.78, 5) is 22.5. The molecule has 0 unspecified atom stereocenters. The summed E-state index contributed by atoms with van der Waals surface area (Å²) < 4.78 is 0. The number of aromatic nitrogens is 2. The average molecular weight is 305 g/mol. The van der Waals surface area contributed by atoms with Gasteiger partial charge in [-0.15, -0.1) is 0 Å². The van der Waals surface area contributed by atoms with Gasteiger partial charge in [-0.2, -0.15) is 0 Å². The van der Waals surface area contributed by atoms with Crippen LogP contribution in [0.15, 0.2) is 30.5 Å². The quantitative estimate of drug-likeness (QED) is 0.942. The molecule has 2 rings (SSSR count). The van der Waals surface area contributed by atoms with E-state index in [-0.39, 0.29) is 16.7 Å². The van der Waals surface area contributed by atoms with Crippen LogP contribution in [0.5, 0.6) is 0 Å². The van der Waals surface area contributed by atoms with Crippen LogP contribution in [-0.4, -0.2) is 27.3 Å². The first kappa shape index (κ1) is 15.3. The first-order chi connectivity index (χ1) is 10.0. The Balaban J connectivity index is 2.20. The van der Waals surface area contributed by atoms with Gasteiger partial charge in [0.1, 0.15) is 5.82 Å². The number of pyridine rings is 2. The van der Waals surface area contributed by atoms with E-state index in [0.29, 0.717) is 18.7 Å². The van der Waals surface area contributed by atoms with Gasteiger partial charge in [-0.25, -0.2) is 4.98 Å². The highest BCUT2D eigenvalue weighted by molar-refractivity contribution is 6.33. The van der Waals surface area contributed by atoms with Crippen molar-refractivity contribution in [3.8, 4) is 0 Å². The molecular weight excluding hydrogens is 288 g/mol. The number of nitrogen functional groups attached to an aromatic ring is 1. The molecule has 2 heterocycles. The number of amides is 1. The monoisotopic (exact) mass is 304 g/mol. The van der Waals surface area contributed by atoms with Crippen molar-refractivity contribution in [1.82, 2.24) is 14.9 Å². The fourth-order valence-electron chi connectivity index (χ4n) is 1.96. The molecule has 21 heavy (non-hydrogen) atoms. The van der Waals surface area contributed by atoms with E-state index in [4.69, 9.17) is 17.3 Å². The fourth-order valence-corrected chi connectivity index (χ4v) is 2.12. The number of nitrogens with two attached hydrogens (primary N) is 1. The molecule has 0 aliphatic rings. The number of carbonyl (C=O) groups excluding carboxylic acids is 1. The minimum Gasteiger partial charge on any atom is -0.382 e. The van der Waals surface area contributed by atoms with Crippen LogP contribution in [0.2, 0.25) is 5.02 Å². The van der Waals surface area contributed by atoms with E-state index in [1.165, 1.54) is 6.20 Å². The lowest BCUT2D eigenvalue weighted by Crippen LogP contribution is -2.30. The van der Waals surface area contributed by atoms with Crippen LogP contribution >= 0.6 is 11.6 Å². The molecule has 0 aromatic carbocycles. The van der Waals surface area contributed by atoms with Gasteiger partial charge in [0, 0.05) is 18.4 Å². The van der Waals surface area contributed by atoms with Crippen molar-refractivity contribution in [2.24, 2.45) is 0 Å². The van der Waals surface area contributed by atoms with Crippen LogP contribution < -0.4 is 5.73 Å². The van der Waals surface area contributed by atoms with E-state index in [2.05, 4.69) is 9.97 Å². The van der Waals surface area contributed by atoms with Gasteiger partial charge >= 0.3 is 0 Å². The standard InChI is InChI=1S/C15H17ClN4O/c1-3-20(9-12-6-4-5-10(2)19-12)15(21)11-7-13(16)14(17)18-8-11/h4-8H,3,9H2,1-2H3,(H2,17,18). The molecule has 1 amide bonds. The van der Waals surface area contributed by atoms with E-state index < -0.39 is 0 Å². The largest absolute Gasteiger partial charge is 0.382 e. The zero-order chi connectivity index (χ0) is 15.4. The minimum absolute atomic E-state index is 0.143. The summed E-state index contributed by atoms with van der Waals surface area (Å²) in [5.41, 5.74) is 7.75. The third-order valence-corrected chi connectivity index (χ3v) is 3.39. The van der Waals surface area contributed by atoms with E-state index in [0.717, 1.165) is 11.4 Å². The zero-order valence-corrected chi connectivity index (χ0v) is 12.8. The van der Waals surface area contributed by atoms with Gasteiger partial charge in [0.2, 0.25) is 0 Å². The second kappa shape index (κ2) is 6.54.